The summed E-state index contributed by atoms with van der Waals surface area (Å²) in [5.41, 5.74) is 5.84. The summed E-state index contributed by atoms with van der Waals surface area (Å²) in [7, 11) is 0. The zero-order valence-corrected chi connectivity index (χ0v) is 17.4. The Hall–Kier alpha value is -3.34. The molecular formula is C25H28N4O. The maximum atomic E-state index is 13.0. The summed E-state index contributed by atoms with van der Waals surface area (Å²) in [6.45, 7) is 4.91. The quantitative estimate of drug-likeness (QED) is 0.592. The summed E-state index contributed by atoms with van der Waals surface area (Å²) in [5.74, 6) is -0.0623. The van der Waals surface area contributed by atoms with Crippen molar-refractivity contribution in [2.24, 2.45) is 0 Å². The van der Waals surface area contributed by atoms with Gasteiger partial charge in [-0.05, 0) is 73.9 Å². The van der Waals surface area contributed by atoms with Gasteiger partial charge in [-0.2, -0.15) is 0 Å². The van der Waals surface area contributed by atoms with Gasteiger partial charge in [-0.3, -0.25) is 9.78 Å². The minimum Gasteiger partial charge on any atom is -0.385 e. The predicted molar refractivity (Wildman–Crippen MR) is 123 cm³/mol. The van der Waals surface area contributed by atoms with Crippen molar-refractivity contribution in [3.63, 3.8) is 0 Å². The van der Waals surface area contributed by atoms with Crippen molar-refractivity contribution in [1.29, 1.82) is 0 Å². The van der Waals surface area contributed by atoms with Crippen LogP contribution in [0.25, 0.3) is 0 Å². The van der Waals surface area contributed by atoms with Gasteiger partial charge in [0.15, 0.2) is 0 Å². The molecule has 5 nitrogen and oxygen atoms in total. The lowest BCUT2D eigenvalue weighted by atomic mass is 10.1. The molecule has 1 saturated heterocycles. The van der Waals surface area contributed by atoms with Crippen LogP contribution in [0, 0.1) is 6.92 Å². The summed E-state index contributed by atoms with van der Waals surface area (Å²) in [6.07, 6.45) is 5.05. The van der Waals surface area contributed by atoms with Crippen LogP contribution in [0.3, 0.4) is 0 Å². The lowest BCUT2D eigenvalue weighted by Crippen LogP contribution is -2.23. The van der Waals surface area contributed by atoms with E-state index in [2.05, 4.69) is 33.5 Å². The Labute approximate surface area is 178 Å². The van der Waals surface area contributed by atoms with Crippen LogP contribution in [0.5, 0.6) is 0 Å². The van der Waals surface area contributed by atoms with Gasteiger partial charge >= 0.3 is 0 Å². The van der Waals surface area contributed by atoms with Gasteiger partial charge in [0.05, 0.1) is 5.56 Å². The molecule has 30 heavy (non-hydrogen) atoms. The van der Waals surface area contributed by atoms with Gasteiger partial charge in [0.1, 0.15) is 0 Å². The smallest absolute Gasteiger partial charge is 0.257 e. The molecule has 0 atom stereocenters. The minimum absolute atomic E-state index is 0.0623. The molecule has 5 heteroatoms. The molecule has 0 aliphatic carbocycles. The molecule has 0 spiro atoms. The number of nitrogens with one attached hydrogen (secondary N) is 2. The van der Waals surface area contributed by atoms with Crippen LogP contribution in [0.2, 0.25) is 0 Å². The topological polar surface area (TPSA) is 57.3 Å². The van der Waals surface area contributed by atoms with E-state index >= 15 is 0 Å². The number of benzene rings is 2. The van der Waals surface area contributed by atoms with Crippen molar-refractivity contribution in [1.82, 2.24) is 4.98 Å². The highest BCUT2D eigenvalue weighted by molar-refractivity contribution is 6.08. The number of nitrogens with zero attached hydrogens (tertiary/aromatic N) is 2. The third-order valence-electron chi connectivity index (χ3n) is 5.42. The number of carbonyl (C=O) groups excluding carboxylic acids is 1. The fourth-order valence-electron chi connectivity index (χ4n) is 3.80. The Balaban J connectivity index is 1.37. The highest BCUT2D eigenvalue weighted by Crippen LogP contribution is 2.27. The predicted octanol–water partition coefficient (Wildman–Crippen LogP) is 4.90. The number of carbonyl (C=O) groups is 1. The molecule has 2 N–H and O–H groups in total. The van der Waals surface area contributed by atoms with E-state index in [1.54, 1.807) is 0 Å². The third-order valence-corrected chi connectivity index (χ3v) is 5.42. The molecule has 154 valence electrons. The van der Waals surface area contributed by atoms with Gasteiger partial charge in [0, 0.05) is 55.0 Å². The van der Waals surface area contributed by atoms with Crippen LogP contribution < -0.4 is 15.5 Å². The Bertz CT molecular complexity index is 980. The van der Waals surface area contributed by atoms with Crippen molar-refractivity contribution in [3.05, 3.63) is 83.7 Å². The first-order valence-corrected chi connectivity index (χ1v) is 10.6. The zero-order chi connectivity index (χ0) is 20.8. The van der Waals surface area contributed by atoms with Gasteiger partial charge in [0.2, 0.25) is 0 Å². The van der Waals surface area contributed by atoms with Crippen molar-refractivity contribution in [2.75, 3.05) is 35.2 Å². The van der Waals surface area contributed by atoms with E-state index in [4.69, 9.17) is 0 Å². The monoisotopic (exact) mass is 400 g/mol. The summed E-state index contributed by atoms with van der Waals surface area (Å²) >= 11 is 0. The van der Waals surface area contributed by atoms with Crippen LogP contribution in [-0.4, -0.2) is 30.5 Å². The Morgan fingerprint density at radius 3 is 2.50 bits per heavy atom. The van der Waals surface area contributed by atoms with Gasteiger partial charge < -0.3 is 15.5 Å². The fourth-order valence-corrected chi connectivity index (χ4v) is 3.80. The SMILES string of the molecule is Cc1ccc(C(=O)Nc2ccc(NCCc3ccccn3)cc2)c(N2CCCC2)c1. The van der Waals surface area contributed by atoms with E-state index in [9.17, 15) is 4.79 Å². The first-order chi connectivity index (χ1) is 14.7. The molecule has 1 aliphatic heterocycles. The van der Waals surface area contributed by atoms with Crippen molar-refractivity contribution < 1.29 is 4.79 Å². The Kier molecular flexibility index (Phi) is 6.28. The standard InChI is InChI=1S/C25H28N4O/c1-19-7-12-23(24(18-19)29-16-4-5-17-29)25(30)28-22-10-8-21(9-11-22)27-15-13-20-6-2-3-14-26-20/h2-3,6-12,14,18,27H,4-5,13,15-17H2,1H3,(H,28,30). The molecule has 4 rings (SSSR count). The number of aryl methyl sites for hydroxylation is 1. The number of rotatable bonds is 7. The molecule has 1 aliphatic rings. The number of hydrogen-bond acceptors (Lipinski definition) is 4. The van der Waals surface area contributed by atoms with Crippen LogP contribution in [-0.2, 0) is 6.42 Å². The number of hydrogen-bond donors (Lipinski definition) is 2. The third kappa shape index (κ3) is 4.98. The summed E-state index contributed by atoms with van der Waals surface area (Å²) in [5, 5.41) is 6.45. The van der Waals surface area contributed by atoms with Crippen LogP contribution in [0.15, 0.2) is 66.9 Å². The molecule has 2 heterocycles. The maximum Gasteiger partial charge on any atom is 0.257 e. The van der Waals surface area contributed by atoms with Crippen LogP contribution >= 0.6 is 0 Å². The van der Waals surface area contributed by atoms with Crippen molar-refractivity contribution in [3.8, 4) is 0 Å². The van der Waals surface area contributed by atoms with Gasteiger partial charge in [-0.15, -0.1) is 0 Å². The second-order valence-electron chi connectivity index (χ2n) is 7.74. The van der Waals surface area contributed by atoms with Crippen LogP contribution in [0.1, 0.15) is 34.5 Å². The molecule has 1 amide bonds. The normalized spacial score (nSPS) is 13.3. The fraction of sp³-hybridized carbons (Fsp3) is 0.280. The second kappa shape index (κ2) is 9.44. The summed E-state index contributed by atoms with van der Waals surface area (Å²) in [4.78, 5) is 19.6. The largest absolute Gasteiger partial charge is 0.385 e. The first-order valence-electron chi connectivity index (χ1n) is 10.6. The lowest BCUT2D eigenvalue weighted by molar-refractivity contribution is 0.102. The number of amides is 1. The van der Waals surface area contributed by atoms with Gasteiger partial charge in [-0.1, -0.05) is 12.1 Å². The Morgan fingerprint density at radius 2 is 1.77 bits per heavy atom. The lowest BCUT2D eigenvalue weighted by Gasteiger charge is -2.21. The van der Waals surface area contributed by atoms with E-state index in [-0.39, 0.29) is 5.91 Å². The van der Waals surface area contributed by atoms with Crippen LogP contribution in [0.4, 0.5) is 17.1 Å². The average Bonchev–Trinajstić information content (AvgIpc) is 3.30. The zero-order valence-electron chi connectivity index (χ0n) is 17.4. The number of pyridine rings is 1. The minimum atomic E-state index is -0.0623. The van der Waals surface area contributed by atoms with E-state index in [0.717, 1.165) is 54.4 Å². The molecule has 0 unspecified atom stereocenters. The van der Waals surface area contributed by atoms with Crippen molar-refractivity contribution >= 4 is 23.0 Å². The molecule has 3 aromatic rings. The first kappa shape index (κ1) is 20.0. The molecule has 1 fully saturated rings. The highest BCUT2D eigenvalue weighted by atomic mass is 16.1. The van der Waals surface area contributed by atoms with Gasteiger partial charge in [0.25, 0.3) is 5.91 Å². The van der Waals surface area contributed by atoms with E-state index in [0.29, 0.717) is 0 Å². The number of anilines is 3. The molecule has 0 radical (unpaired) electrons. The molecule has 0 bridgehead atoms. The summed E-state index contributed by atoms with van der Waals surface area (Å²) in [6, 6.07) is 19.9. The average molecular weight is 401 g/mol. The van der Waals surface area contributed by atoms with E-state index in [1.807, 2.05) is 60.8 Å². The molecule has 2 aromatic carbocycles. The van der Waals surface area contributed by atoms with E-state index < -0.39 is 0 Å². The molecule has 0 saturated carbocycles. The highest BCUT2D eigenvalue weighted by Gasteiger charge is 2.19. The van der Waals surface area contributed by atoms with E-state index in [1.165, 1.54) is 18.4 Å². The number of aromatic nitrogens is 1. The van der Waals surface area contributed by atoms with Gasteiger partial charge in [-0.25, -0.2) is 0 Å². The molecule has 1 aromatic heterocycles. The maximum absolute atomic E-state index is 13.0. The molecular weight excluding hydrogens is 372 g/mol. The Morgan fingerprint density at radius 1 is 1.00 bits per heavy atom. The second-order valence-corrected chi connectivity index (χ2v) is 7.74. The summed E-state index contributed by atoms with van der Waals surface area (Å²) < 4.78 is 0. The van der Waals surface area contributed by atoms with Crippen molar-refractivity contribution in [2.45, 2.75) is 26.2 Å².